The van der Waals surface area contributed by atoms with Gasteiger partial charge >= 0.3 is 0 Å². The molecule has 0 amide bonds. The fraction of sp³-hybridized carbons (Fsp3) is 0.286. The molecular weight excluding hydrogens is 278 g/mol. The Morgan fingerprint density at radius 1 is 1.20 bits per heavy atom. The van der Waals surface area contributed by atoms with Crippen LogP contribution < -0.4 is 4.72 Å². The maximum atomic E-state index is 12.2. The Morgan fingerprint density at radius 3 is 2.30 bits per heavy atom. The summed E-state index contributed by atoms with van der Waals surface area (Å²) in [5.74, 6) is 1.47. The zero-order chi connectivity index (χ0) is 14.9. The van der Waals surface area contributed by atoms with E-state index >= 15 is 0 Å². The summed E-state index contributed by atoms with van der Waals surface area (Å²) in [6.07, 6.45) is 0. The highest BCUT2D eigenvalue weighted by atomic mass is 32.2. The highest BCUT2D eigenvalue weighted by molar-refractivity contribution is 7.89. The summed E-state index contributed by atoms with van der Waals surface area (Å²) < 4.78 is 32.4. The van der Waals surface area contributed by atoms with E-state index in [0.29, 0.717) is 5.76 Å². The van der Waals surface area contributed by atoms with Crippen molar-refractivity contribution in [1.29, 1.82) is 0 Å². The first-order valence-corrected chi connectivity index (χ1v) is 7.66. The molecule has 1 unspecified atom stereocenters. The largest absolute Gasteiger partial charge is 0.508 e. The normalized spacial score (nSPS) is 13.3. The van der Waals surface area contributed by atoms with Crippen LogP contribution in [0.3, 0.4) is 0 Å². The van der Waals surface area contributed by atoms with Crippen LogP contribution in [0.2, 0.25) is 0 Å². The monoisotopic (exact) mass is 295 g/mol. The van der Waals surface area contributed by atoms with Gasteiger partial charge in [0.25, 0.3) is 0 Å². The second kappa shape index (κ2) is 5.30. The van der Waals surface area contributed by atoms with E-state index in [9.17, 15) is 13.5 Å². The van der Waals surface area contributed by atoms with Gasteiger partial charge in [0, 0.05) is 11.6 Å². The smallest absolute Gasteiger partial charge is 0.241 e. The lowest BCUT2D eigenvalue weighted by molar-refractivity contribution is 0.474. The van der Waals surface area contributed by atoms with Gasteiger partial charge < -0.3 is 9.52 Å². The van der Waals surface area contributed by atoms with E-state index in [1.165, 1.54) is 24.3 Å². The Hall–Kier alpha value is -1.79. The predicted molar refractivity (Wildman–Crippen MR) is 75.0 cm³/mol. The van der Waals surface area contributed by atoms with Crippen molar-refractivity contribution in [3.8, 4) is 5.75 Å². The van der Waals surface area contributed by atoms with Gasteiger partial charge in [0.15, 0.2) is 0 Å². The molecule has 6 heteroatoms. The number of benzene rings is 1. The first kappa shape index (κ1) is 14.6. The maximum absolute atomic E-state index is 12.2. The first-order valence-electron chi connectivity index (χ1n) is 6.18. The number of nitrogens with one attached hydrogen (secondary N) is 1. The van der Waals surface area contributed by atoms with Crippen LogP contribution in [0.15, 0.2) is 39.6 Å². The Morgan fingerprint density at radius 2 is 1.80 bits per heavy atom. The molecule has 0 saturated carbocycles. The van der Waals surface area contributed by atoms with Gasteiger partial charge in [0.05, 0.1) is 4.90 Å². The van der Waals surface area contributed by atoms with Crippen molar-refractivity contribution >= 4 is 10.0 Å². The summed E-state index contributed by atoms with van der Waals surface area (Å²) in [4.78, 5) is 0.111. The second-order valence-corrected chi connectivity index (χ2v) is 6.42. The molecule has 0 radical (unpaired) electrons. The number of hydrogen-bond acceptors (Lipinski definition) is 4. The standard InChI is InChI=1S/C14H17NO4S/c1-9-8-14(11(3)19-9)10(2)15-20(17,18)13-6-4-12(16)5-7-13/h4-8,10,15-16H,1-3H3. The van der Waals surface area contributed by atoms with Crippen LogP contribution in [-0.4, -0.2) is 13.5 Å². The molecule has 0 saturated heterocycles. The molecule has 1 heterocycles. The van der Waals surface area contributed by atoms with Gasteiger partial charge in [0.1, 0.15) is 17.3 Å². The lowest BCUT2D eigenvalue weighted by Gasteiger charge is -2.13. The summed E-state index contributed by atoms with van der Waals surface area (Å²) in [6, 6.07) is 6.82. The minimum atomic E-state index is -3.63. The van der Waals surface area contributed by atoms with Crippen LogP contribution in [0.4, 0.5) is 0 Å². The maximum Gasteiger partial charge on any atom is 0.241 e. The van der Waals surface area contributed by atoms with Crippen molar-refractivity contribution in [2.24, 2.45) is 0 Å². The van der Waals surface area contributed by atoms with E-state index in [-0.39, 0.29) is 10.6 Å². The molecule has 1 aromatic heterocycles. The van der Waals surface area contributed by atoms with Crippen LogP contribution >= 0.6 is 0 Å². The minimum Gasteiger partial charge on any atom is -0.508 e. The molecule has 0 aliphatic heterocycles. The molecule has 5 nitrogen and oxygen atoms in total. The molecule has 1 atom stereocenters. The lowest BCUT2D eigenvalue weighted by Crippen LogP contribution is -2.27. The summed E-state index contributed by atoms with van der Waals surface area (Å²) in [7, 11) is -3.63. The van der Waals surface area contributed by atoms with Gasteiger partial charge in [-0.15, -0.1) is 0 Å². The minimum absolute atomic E-state index is 0.0262. The lowest BCUT2D eigenvalue weighted by atomic mass is 10.1. The third-order valence-corrected chi connectivity index (χ3v) is 4.58. The molecule has 0 aliphatic carbocycles. The van der Waals surface area contributed by atoms with Crippen LogP contribution in [0, 0.1) is 13.8 Å². The third-order valence-electron chi connectivity index (χ3n) is 3.02. The highest BCUT2D eigenvalue weighted by Crippen LogP contribution is 2.23. The van der Waals surface area contributed by atoms with Crippen molar-refractivity contribution in [1.82, 2.24) is 4.72 Å². The first-order chi connectivity index (χ1) is 9.29. The molecule has 2 N–H and O–H groups in total. The summed E-state index contributed by atoms with van der Waals surface area (Å²) in [5, 5.41) is 9.19. The van der Waals surface area contributed by atoms with E-state index < -0.39 is 16.1 Å². The van der Waals surface area contributed by atoms with Crippen LogP contribution in [-0.2, 0) is 10.0 Å². The highest BCUT2D eigenvalue weighted by Gasteiger charge is 2.21. The van der Waals surface area contributed by atoms with E-state index in [2.05, 4.69) is 4.72 Å². The predicted octanol–water partition coefficient (Wildman–Crippen LogP) is 2.64. The van der Waals surface area contributed by atoms with Gasteiger partial charge in [0.2, 0.25) is 10.0 Å². The molecule has 0 fully saturated rings. The zero-order valence-electron chi connectivity index (χ0n) is 11.5. The zero-order valence-corrected chi connectivity index (χ0v) is 12.4. The van der Waals surface area contributed by atoms with E-state index in [1.54, 1.807) is 13.8 Å². The molecule has 2 aromatic rings. The molecule has 0 aliphatic rings. The third kappa shape index (κ3) is 3.02. The Labute approximate surface area is 118 Å². The van der Waals surface area contributed by atoms with Crippen LogP contribution in [0.1, 0.15) is 30.0 Å². The van der Waals surface area contributed by atoms with Gasteiger partial charge in [-0.05, 0) is 51.1 Å². The quantitative estimate of drug-likeness (QED) is 0.908. The average molecular weight is 295 g/mol. The summed E-state index contributed by atoms with van der Waals surface area (Å²) in [5.41, 5.74) is 0.810. The summed E-state index contributed by atoms with van der Waals surface area (Å²) >= 11 is 0. The SMILES string of the molecule is Cc1cc(C(C)NS(=O)(=O)c2ccc(O)cc2)c(C)o1. The molecule has 0 spiro atoms. The molecule has 108 valence electrons. The van der Waals surface area contributed by atoms with Crippen LogP contribution in [0.25, 0.3) is 0 Å². The Bertz CT molecular complexity index is 701. The Kier molecular flexibility index (Phi) is 3.87. The van der Waals surface area contributed by atoms with Crippen molar-refractivity contribution < 1.29 is 17.9 Å². The van der Waals surface area contributed by atoms with Gasteiger partial charge in [-0.2, -0.15) is 0 Å². The van der Waals surface area contributed by atoms with Crippen molar-refractivity contribution in [2.75, 3.05) is 0 Å². The number of hydrogen-bond donors (Lipinski definition) is 2. The number of sulfonamides is 1. The van der Waals surface area contributed by atoms with Gasteiger partial charge in [-0.3, -0.25) is 0 Å². The topological polar surface area (TPSA) is 79.5 Å². The summed E-state index contributed by atoms with van der Waals surface area (Å²) in [6.45, 7) is 5.38. The number of phenolic OH excluding ortho intramolecular Hbond substituents is 1. The molecule has 0 bridgehead atoms. The van der Waals surface area contributed by atoms with Gasteiger partial charge in [-0.1, -0.05) is 0 Å². The number of aromatic hydroxyl groups is 1. The van der Waals surface area contributed by atoms with Gasteiger partial charge in [-0.25, -0.2) is 13.1 Å². The number of rotatable bonds is 4. The van der Waals surface area contributed by atoms with Crippen LogP contribution in [0.5, 0.6) is 5.75 Å². The van der Waals surface area contributed by atoms with Crippen molar-refractivity contribution in [2.45, 2.75) is 31.7 Å². The molecular formula is C14H17NO4S. The molecule has 1 aromatic carbocycles. The second-order valence-electron chi connectivity index (χ2n) is 4.71. The van der Waals surface area contributed by atoms with Crippen molar-refractivity contribution in [3.05, 3.63) is 47.4 Å². The number of aryl methyl sites for hydroxylation is 2. The van der Waals surface area contributed by atoms with E-state index in [0.717, 1.165) is 11.3 Å². The average Bonchev–Trinajstić information content (AvgIpc) is 2.68. The van der Waals surface area contributed by atoms with E-state index in [1.807, 2.05) is 13.0 Å². The number of furan rings is 1. The molecule has 2 rings (SSSR count). The fourth-order valence-corrected chi connectivity index (χ4v) is 3.29. The number of phenols is 1. The van der Waals surface area contributed by atoms with E-state index in [4.69, 9.17) is 4.42 Å². The Balaban J connectivity index is 2.24. The fourth-order valence-electron chi connectivity index (χ4n) is 2.07. The molecule has 20 heavy (non-hydrogen) atoms. The van der Waals surface area contributed by atoms with Crippen molar-refractivity contribution in [3.63, 3.8) is 0 Å².